The SMILES string of the molecule is [CH2]CCC#CC#CC. The van der Waals surface area contributed by atoms with Gasteiger partial charge in [-0.2, -0.15) is 0 Å². The van der Waals surface area contributed by atoms with E-state index in [2.05, 4.69) is 30.6 Å². The molecule has 41 valence electrons. The van der Waals surface area contributed by atoms with Gasteiger partial charge in [0.05, 0.1) is 0 Å². The zero-order valence-electron chi connectivity index (χ0n) is 5.12. The first-order chi connectivity index (χ1) is 3.91. The van der Waals surface area contributed by atoms with E-state index in [0.29, 0.717) is 0 Å². The summed E-state index contributed by atoms with van der Waals surface area (Å²) in [6, 6.07) is 0. The van der Waals surface area contributed by atoms with Gasteiger partial charge >= 0.3 is 0 Å². The third-order valence-electron chi connectivity index (χ3n) is 0.578. The second-order valence-corrected chi connectivity index (χ2v) is 1.28. The van der Waals surface area contributed by atoms with Gasteiger partial charge in [0.25, 0.3) is 0 Å². The molecule has 0 spiro atoms. The van der Waals surface area contributed by atoms with Crippen molar-refractivity contribution in [2.24, 2.45) is 0 Å². The van der Waals surface area contributed by atoms with Crippen molar-refractivity contribution >= 4 is 0 Å². The quantitative estimate of drug-likeness (QED) is 0.444. The molecular weight excluding hydrogens is 96.1 g/mol. The minimum Gasteiger partial charge on any atom is -0.0925 e. The van der Waals surface area contributed by atoms with Gasteiger partial charge in [-0.15, -0.1) is 0 Å². The lowest BCUT2D eigenvalue weighted by Gasteiger charge is -1.71. The van der Waals surface area contributed by atoms with E-state index >= 15 is 0 Å². The van der Waals surface area contributed by atoms with Gasteiger partial charge in [0, 0.05) is 6.42 Å². The highest BCUT2D eigenvalue weighted by atomic mass is 13.7. The minimum atomic E-state index is 0.856. The molecule has 0 aromatic rings. The largest absolute Gasteiger partial charge is 0.0925 e. The van der Waals surface area contributed by atoms with Crippen LogP contribution in [0, 0.1) is 30.6 Å². The van der Waals surface area contributed by atoms with Crippen LogP contribution in [0.15, 0.2) is 0 Å². The molecule has 0 fully saturated rings. The molecular formula is C8H9. The highest BCUT2D eigenvalue weighted by Gasteiger charge is 1.65. The van der Waals surface area contributed by atoms with Crippen LogP contribution in [0.3, 0.4) is 0 Å². The number of unbranched alkanes of at least 4 members (excludes halogenated alkanes) is 1. The van der Waals surface area contributed by atoms with Crippen molar-refractivity contribution in [3.63, 3.8) is 0 Å². The highest BCUT2D eigenvalue weighted by Crippen LogP contribution is 1.78. The van der Waals surface area contributed by atoms with Crippen LogP contribution in [0.25, 0.3) is 0 Å². The number of hydrogen-bond acceptors (Lipinski definition) is 0. The molecule has 0 saturated heterocycles. The highest BCUT2D eigenvalue weighted by molar-refractivity contribution is 5.24. The smallest absolute Gasteiger partial charge is 0.00989 e. The summed E-state index contributed by atoms with van der Waals surface area (Å²) < 4.78 is 0. The number of rotatable bonds is 1. The van der Waals surface area contributed by atoms with Crippen LogP contribution in [0.2, 0.25) is 0 Å². The average molecular weight is 105 g/mol. The molecule has 0 bridgehead atoms. The first kappa shape index (κ1) is 7.12. The van der Waals surface area contributed by atoms with Crippen LogP contribution in [0.1, 0.15) is 19.8 Å². The zero-order chi connectivity index (χ0) is 6.24. The van der Waals surface area contributed by atoms with Crippen molar-refractivity contribution in [2.45, 2.75) is 19.8 Å². The molecule has 0 heterocycles. The van der Waals surface area contributed by atoms with E-state index in [9.17, 15) is 0 Å². The maximum Gasteiger partial charge on any atom is 0.00989 e. The standard InChI is InChI=1S/C8H9/c1-3-5-7-8-6-4-2/h1,3,5H2,2H3. The molecule has 0 aromatic carbocycles. The van der Waals surface area contributed by atoms with E-state index in [1.54, 1.807) is 6.92 Å². The lowest BCUT2D eigenvalue weighted by atomic mass is 10.3. The third kappa shape index (κ3) is 5.12. The van der Waals surface area contributed by atoms with Crippen LogP contribution >= 0.6 is 0 Å². The molecule has 1 radical (unpaired) electrons. The van der Waals surface area contributed by atoms with Gasteiger partial charge in [0.1, 0.15) is 0 Å². The molecule has 0 nitrogen and oxygen atoms in total. The maximum absolute atomic E-state index is 3.63. The summed E-state index contributed by atoms with van der Waals surface area (Å²) in [5.74, 6) is 10.9. The molecule has 0 N–H and O–H groups in total. The fraction of sp³-hybridized carbons (Fsp3) is 0.375. The van der Waals surface area contributed by atoms with Crippen molar-refractivity contribution in [1.82, 2.24) is 0 Å². The van der Waals surface area contributed by atoms with Gasteiger partial charge in [-0.05, 0) is 25.2 Å². The molecule has 8 heavy (non-hydrogen) atoms. The monoisotopic (exact) mass is 105 g/mol. The summed E-state index contributed by atoms with van der Waals surface area (Å²) in [6.45, 7) is 5.41. The van der Waals surface area contributed by atoms with E-state index in [1.807, 2.05) is 0 Å². The molecule has 0 aliphatic rings. The lowest BCUT2D eigenvalue weighted by molar-refractivity contribution is 1.08. The Morgan fingerprint density at radius 3 is 2.62 bits per heavy atom. The summed E-state index contributed by atoms with van der Waals surface area (Å²) in [7, 11) is 0. The van der Waals surface area contributed by atoms with E-state index < -0.39 is 0 Å². The van der Waals surface area contributed by atoms with Crippen LogP contribution < -0.4 is 0 Å². The van der Waals surface area contributed by atoms with E-state index in [1.165, 1.54) is 0 Å². The van der Waals surface area contributed by atoms with Gasteiger partial charge in [0.15, 0.2) is 0 Å². The van der Waals surface area contributed by atoms with Crippen molar-refractivity contribution < 1.29 is 0 Å². The van der Waals surface area contributed by atoms with Crippen molar-refractivity contribution in [1.29, 1.82) is 0 Å². The van der Waals surface area contributed by atoms with Gasteiger partial charge in [-0.25, -0.2) is 0 Å². The summed E-state index contributed by atoms with van der Waals surface area (Å²) in [4.78, 5) is 0. The van der Waals surface area contributed by atoms with Crippen molar-refractivity contribution in [2.75, 3.05) is 0 Å². The lowest BCUT2D eigenvalue weighted by Crippen LogP contribution is -1.59. The fourth-order valence-electron chi connectivity index (χ4n) is 0.258. The predicted octanol–water partition coefficient (Wildman–Crippen LogP) is 1.63. The van der Waals surface area contributed by atoms with Crippen molar-refractivity contribution in [3.8, 4) is 23.7 Å². The summed E-state index contributed by atoms with van der Waals surface area (Å²) in [5, 5.41) is 0. The van der Waals surface area contributed by atoms with Gasteiger partial charge in [0.2, 0.25) is 0 Å². The molecule has 0 rings (SSSR count). The Hall–Kier alpha value is -0.880. The second kappa shape index (κ2) is 6.12. The maximum atomic E-state index is 3.63. The molecule has 0 aliphatic carbocycles. The van der Waals surface area contributed by atoms with Crippen LogP contribution in [0.5, 0.6) is 0 Å². The molecule has 0 saturated carbocycles. The Kier molecular flexibility index (Phi) is 5.45. The third-order valence-corrected chi connectivity index (χ3v) is 0.578. The summed E-state index contributed by atoms with van der Waals surface area (Å²) in [6.07, 6.45) is 1.73. The molecule has 0 aliphatic heterocycles. The first-order valence-corrected chi connectivity index (χ1v) is 2.60. The molecule has 0 heteroatoms. The Balaban J connectivity index is 3.31. The zero-order valence-corrected chi connectivity index (χ0v) is 5.12. The fourth-order valence-corrected chi connectivity index (χ4v) is 0.258. The van der Waals surface area contributed by atoms with E-state index in [0.717, 1.165) is 12.8 Å². The van der Waals surface area contributed by atoms with Gasteiger partial charge in [-0.1, -0.05) is 18.8 Å². The van der Waals surface area contributed by atoms with Crippen LogP contribution in [-0.4, -0.2) is 0 Å². The molecule has 0 aromatic heterocycles. The first-order valence-electron chi connectivity index (χ1n) is 2.60. The summed E-state index contributed by atoms with van der Waals surface area (Å²) in [5.41, 5.74) is 0. The second-order valence-electron chi connectivity index (χ2n) is 1.28. The predicted molar refractivity (Wildman–Crippen MR) is 35.8 cm³/mol. The van der Waals surface area contributed by atoms with Gasteiger partial charge in [-0.3, -0.25) is 0 Å². The Morgan fingerprint density at radius 1 is 1.38 bits per heavy atom. The topological polar surface area (TPSA) is 0 Å². The minimum absolute atomic E-state index is 0.856. The Labute approximate surface area is 51.3 Å². The van der Waals surface area contributed by atoms with Crippen LogP contribution in [-0.2, 0) is 0 Å². The normalized spacial score (nSPS) is 5.75. The average Bonchev–Trinajstić information content (AvgIpc) is 1.81. The van der Waals surface area contributed by atoms with E-state index in [4.69, 9.17) is 0 Å². The van der Waals surface area contributed by atoms with Crippen molar-refractivity contribution in [3.05, 3.63) is 6.92 Å². The van der Waals surface area contributed by atoms with Gasteiger partial charge < -0.3 is 0 Å². The Morgan fingerprint density at radius 2 is 2.12 bits per heavy atom. The molecule has 0 amide bonds. The molecule has 0 unspecified atom stereocenters. The molecule has 0 atom stereocenters. The number of hydrogen-bond donors (Lipinski definition) is 0. The van der Waals surface area contributed by atoms with E-state index in [-0.39, 0.29) is 0 Å². The summed E-state index contributed by atoms with van der Waals surface area (Å²) >= 11 is 0. The van der Waals surface area contributed by atoms with Crippen LogP contribution in [0.4, 0.5) is 0 Å². The Bertz CT molecular complexity index is 144.